The molecule has 0 bridgehead atoms. The molecule has 2 aromatic rings. The van der Waals surface area contributed by atoms with Crippen molar-refractivity contribution in [1.29, 1.82) is 5.26 Å². The highest BCUT2D eigenvalue weighted by Gasteiger charge is 2.15. The Morgan fingerprint density at radius 3 is 2.56 bits per heavy atom. The van der Waals surface area contributed by atoms with Gasteiger partial charge in [0.1, 0.15) is 17.4 Å². The van der Waals surface area contributed by atoms with E-state index in [-0.39, 0.29) is 5.57 Å². The van der Waals surface area contributed by atoms with Crippen LogP contribution in [0.2, 0.25) is 0 Å². The minimum absolute atomic E-state index is 0.00228. The van der Waals surface area contributed by atoms with E-state index in [1.54, 1.807) is 18.2 Å². The lowest BCUT2D eigenvalue weighted by Crippen LogP contribution is -2.28. The number of halogens is 1. The highest BCUT2D eigenvalue weighted by Crippen LogP contribution is 2.24. The van der Waals surface area contributed by atoms with Crippen LogP contribution in [0.15, 0.2) is 50.9 Å². The number of amides is 1. The summed E-state index contributed by atoms with van der Waals surface area (Å²) in [6.07, 6.45) is 5.04. The Morgan fingerprint density at radius 2 is 1.88 bits per heavy atom. The van der Waals surface area contributed by atoms with Crippen molar-refractivity contribution in [3.63, 3.8) is 0 Å². The van der Waals surface area contributed by atoms with Gasteiger partial charge in [-0.2, -0.15) is 5.26 Å². The Bertz CT molecular complexity index is 812. The molecule has 128 valence electrons. The average molecular weight is 400 g/mol. The molecule has 2 heterocycles. The van der Waals surface area contributed by atoms with Crippen molar-refractivity contribution in [2.24, 2.45) is 0 Å². The van der Waals surface area contributed by atoms with Gasteiger partial charge in [-0.15, -0.1) is 0 Å². The molecular formula is C19H18BrN3O2. The molecule has 1 fully saturated rings. The van der Waals surface area contributed by atoms with E-state index in [9.17, 15) is 10.1 Å². The second-order valence-electron chi connectivity index (χ2n) is 5.85. The molecule has 1 aromatic heterocycles. The van der Waals surface area contributed by atoms with Crippen LogP contribution < -0.4 is 10.2 Å². The Balaban J connectivity index is 1.71. The predicted molar refractivity (Wildman–Crippen MR) is 101 cm³/mol. The van der Waals surface area contributed by atoms with Crippen LogP contribution in [0.3, 0.4) is 0 Å². The molecule has 1 aromatic carbocycles. The fourth-order valence-corrected chi connectivity index (χ4v) is 2.99. The third kappa shape index (κ3) is 4.52. The smallest absolute Gasteiger partial charge is 0.266 e. The normalized spacial score (nSPS) is 14.9. The zero-order valence-corrected chi connectivity index (χ0v) is 15.3. The summed E-state index contributed by atoms with van der Waals surface area (Å²) in [5.41, 5.74) is 0.630. The van der Waals surface area contributed by atoms with Crippen LogP contribution in [-0.4, -0.2) is 19.0 Å². The van der Waals surface area contributed by atoms with Gasteiger partial charge in [0.2, 0.25) is 0 Å². The second kappa shape index (κ2) is 8.04. The molecule has 1 N–H and O–H groups in total. The molecule has 6 heteroatoms. The molecule has 0 radical (unpaired) electrons. The predicted octanol–water partition coefficient (Wildman–Crippen LogP) is 4.58. The first-order valence-corrected chi connectivity index (χ1v) is 8.98. The number of benzene rings is 1. The molecule has 25 heavy (non-hydrogen) atoms. The molecule has 0 aliphatic carbocycles. The maximum absolute atomic E-state index is 12.3. The maximum atomic E-state index is 12.3. The van der Waals surface area contributed by atoms with Crippen LogP contribution in [0.25, 0.3) is 6.08 Å². The van der Waals surface area contributed by atoms with Crippen molar-refractivity contribution < 1.29 is 9.21 Å². The summed E-state index contributed by atoms with van der Waals surface area (Å²) in [6, 6.07) is 12.8. The molecule has 1 saturated heterocycles. The van der Waals surface area contributed by atoms with Crippen molar-refractivity contribution in [3.05, 3.63) is 52.2 Å². The number of piperidine rings is 1. The van der Waals surface area contributed by atoms with Crippen molar-refractivity contribution in [2.45, 2.75) is 19.3 Å². The van der Waals surface area contributed by atoms with Gasteiger partial charge in [0, 0.05) is 35.4 Å². The number of hydrogen-bond acceptors (Lipinski definition) is 4. The molecule has 1 aliphatic rings. The third-order valence-corrected chi connectivity index (χ3v) is 4.56. The van der Waals surface area contributed by atoms with E-state index >= 15 is 0 Å². The number of nitrogens with zero attached hydrogens (tertiary/aromatic N) is 2. The lowest BCUT2D eigenvalue weighted by atomic mass is 10.1. The highest BCUT2D eigenvalue weighted by molar-refractivity contribution is 9.10. The summed E-state index contributed by atoms with van der Waals surface area (Å²) in [7, 11) is 0. The van der Waals surface area contributed by atoms with E-state index in [1.165, 1.54) is 12.5 Å². The first-order valence-electron chi connectivity index (χ1n) is 8.19. The number of carbonyl (C=O) groups excluding carboxylic acids is 1. The molecule has 0 atom stereocenters. The van der Waals surface area contributed by atoms with Gasteiger partial charge in [-0.3, -0.25) is 4.79 Å². The fourth-order valence-electron chi connectivity index (χ4n) is 2.73. The van der Waals surface area contributed by atoms with Crippen LogP contribution in [0.5, 0.6) is 0 Å². The van der Waals surface area contributed by atoms with E-state index in [1.807, 2.05) is 24.3 Å². The van der Waals surface area contributed by atoms with Crippen LogP contribution in [0.1, 0.15) is 25.0 Å². The Hall–Kier alpha value is -2.52. The molecule has 0 unspecified atom stereocenters. The topological polar surface area (TPSA) is 69.3 Å². The summed E-state index contributed by atoms with van der Waals surface area (Å²) < 4.78 is 6.70. The number of carbonyl (C=O) groups is 1. The van der Waals surface area contributed by atoms with Crippen LogP contribution in [-0.2, 0) is 4.79 Å². The van der Waals surface area contributed by atoms with E-state index in [4.69, 9.17) is 4.42 Å². The van der Waals surface area contributed by atoms with Crippen LogP contribution in [0.4, 0.5) is 11.6 Å². The molecule has 0 spiro atoms. The SMILES string of the molecule is N#CC(=Cc1ccc(N2CCCCC2)o1)C(=O)Nc1ccc(Br)cc1. The molecule has 1 amide bonds. The number of anilines is 2. The van der Waals surface area contributed by atoms with E-state index < -0.39 is 5.91 Å². The zero-order chi connectivity index (χ0) is 17.6. The van der Waals surface area contributed by atoms with Crippen LogP contribution in [0, 0.1) is 11.3 Å². The minimum Gasteiger partial charge on any atom is -0.441 e. The van der Waals surface area contributed by atoms with Gasteiger partial charge in [-0.05, 0) is 49.6 Å². The Labute approximate surface area is 155 Å². The van der Waals surface area contributed by atoms with Gasteiger partial charge in [0.15, 0.2) is 5.88 Å². The van der Waals surface area contributed by atoms with E-state index in [0.29, 0.717) is 11.4 Å². The summed E-state index contributed by atoms with van der Waals surface area (Å²) in [4.78, 5) is 14.5. The van der Waals surface area contributed by atoms with Crippen molar-refractivity contribution in [1.82, 2.24) is 0 Å². The van der Waals surface area contributed by atoms with Gasteiger partial charge < -0.3 is 14.6 Å². The van der Waals surface area contributed by atoms with Gasteiger partial charge in [-0.25, -0.2) is 0 Å². The average Bonchev–Trinajstić information content (AvgIpc) is 3.11. The number of hydrogen-bond donors (Lipinski definition) is 1. The molecule has 0 saturated carbocycles. The largest absolute Gasteiger partial charge is 0.441 e. The van der Waals surface area contributed by atoms with Gasteiger partial charge >= 0.3 is 0 Å². The summed E-state index contributed by atoms with van der Waals surface area (Å²) >= 11 is 3.34. The quantitative estimate of drug-likeness (QED) is 0.603. The van der Waals surface area contributed by atoms with E-state index in [0.717, 1.165) is 36.3 Å². The van der Waals surface area contributed by atoms with E-state index in [2.05, 4.69) is 26.1 Å². The number of furan rings is 1. The van der Waals surface area contributed by atoms with Crippen LogP contribution >= 0.6 is 15.9 Å². The number of nitriles is 1. The monoisotopic (exact) mass is 399 g/mol. The Morgan fingerprint density at radius 1 is 1.16 bits per heavy atom. The van der Waals surface area contributed by atoms with Crippen molar-refractivity contribution >= 4 is 39.5 Å². The number of rotatable bonds is 4. The van der Waals surface area contributed by atoms with Gasteiger partial charge in [0.05, 0.1) is 0 Å². The van der Waals surface area contributed by atoms with Crippen molar-refractivity contribution in [2.75, 3.05) is 23.3 Å². The minimum atomic E-state index is -0.458. The van der Waals surface area contributed by atoms with Gasteiger partial charge in [0.25, 0.3) is 5.91 Å². The molecule has 5 nitrogen and oxygen atoms in total. The van der Waals surface area contributed by atoms with Gasteiger partial charge in [-0.1, -0.05) is 15.9 Å². The summed E-state index contributed by atoms with van der Waals surface area (Å²) in [5.74, 6) is 0.834. The third-order valence-electron chi connectivity index (χ3n) is 4.03. The van der Waals surface area contributed by atoms with Crippen molar-refractivity contribution in [3.8, 4) is 6.07 Å². The fraction of sp³-hybridized carbons (Fsp3) is 0.263. The highest BCUT2D eigenvalue weighted by atomic mass is 79.9. The summed E-state index contributed by atoms with van der Waals surface area (Å²) in [6.45, 7) is 1.96. The molecular weight excluding hydrogens is 382 g/mol. The zero-order valence-electron chi connectivity index (χ0n) is 13.7. The molecule has 3 rings (SSSR count). The molecule has 1 aliphatic heterocycles. The number of nitrogens with one attached hydrogen (secondary N) is 1. The maximum Gasteiger partial charge on any atom is 0.266 e. The Kier molecular flexibility index (Phi) is 5.56. The first kappa shape index (κ1) is 17.3. The standard InChI is InChI=1S/C19H18BrN3O2/c20-15-4-6-16(7-5-15)22-19(24)14(13-21)12-17-8-9-18(25-17)23-10-2-1-3-11-23/h4-9,12H,1-3,10-11H2,(H,22,24). The second-order valence-corrected chi connectivity index (χ2v) is 6.77. The summed E-state index contributed by atoms with van der Waals surface area (Å²) in [5, 5.41) is 12.0. The first-order chi connectivity index (χ1) is 12.2. The lowest BCUT2D eigenvalue weighted by molar-refractivity contribution is -0.112. The lowest BCUT2D eigenvalue weighted by Gasteiger charge is -2.25.